The van der Waals surface area contributed by atoms with Gasteiger partial charge in [0.2, 0.25) is 0 Å². The molecule has 0 aliphatic carbocycles. The maximum atomic E-state index is 3.46. The van der Waals surface area contributed by atoms with E-state index in [4.69, 9.17) is 0 Å². The molecule has 3 nitrogen and oxygen atoms in total. The van der Waals surface area contributed by atoms with Crippen molar-refractivity contribution in [2.75, 3.05) is 43.0 Å². The molecular formula is C13H19N3. The van der Waals surface area contributed by atoms with Crippen molar-refractivity contribution >= 4 is 11.4 Å². The van der Waals surface area contributed by atoms with Gasteiger partial charge in [-0.15, -0.1) is 0 Å². The van der Waals surface area contributed by atoms with Crippen LogP contribution in [0, 0.1) is 0 Å². The summed E-state index contributed by atoms with van der Waals surface area (Å²) in [7, 11) is 2.18. The molecule has 2 aliphatic rings. The number of para-hydroxylation sites is 2. The predicted octanol–water partition coefficient (Wildman–Crippen LogP) is 1.30. The highest BCUT2D eigenvalue weighted by molar-refractivity contribution is 5.73. The average molecular weight is 217 g/mol. The summed E-state index contributed by atoms with van der Waals surface area (Å²) in [5.74, 6) is 0. The van der Waals surface area contributed by atoms with Gasteiger partial charge < -0.3 is 15.1 Å². The van der Waals surface area contributed by atoms with Crippen LogP contribution in [0.1, 0.15) is 6.42 Å². The van der Waals surface area contributed by atoms with Gasteiger partial charge in [-0.2, -0.15) is 0 Å². The van der Waals surface area contributed by atoms with E-state index in [0.29, 0.717) is 6.04 Å². The first kappa shape index (κ1) is 9.97. The fraction of sp³-hybridized carbons (Fsp3) is 0.538. The third-order valence-corrected chi connectivity index (χ3v) is 3.75. The van der Waals surface area contributed by atoms with Crippen molar-refractivity contribution in [2.45, 2.75) is 12.5 Å². The highest BCUT2D eigenvalue weighted by Crippen LogP contribution is 2.33. The summed E-state index contributed by atoms with van der Waals surface area (Å²) in [4.78, 5) is 4.93. The Morgan fingerprint density at radius 1 is 1.19 bits per heavy atom. The van der Waals surface area contributed by atoms with Crippen LogP contribution < -0.4 is 15.1 Å². The lowest BCUT2D eigenvalue weighted by molar-refractivity contribution is 0.615. The van der Waals surface area contributed by atoms with E-state index < -0.39 is 0 Å². The van der Waals surface area contributed by atoms with E-state index in [-0.39, 0.29) is 0 Å². The minimum absolute atomic E-state index is 0.690. The Hall–Kier alpha value is -1.22. The summed E-state index contributed by atoms with van der Waals surface area (Å²) in [5, 5.41) is 3.46. The molecule has 1 unspecified atom stereocenters. The van der Waals surface area contributed by atoms with Gasteiger partial charge in [-0.1, -0.05) is 12.1 Å². The van der Waals surface area contributed by atoms with Crippen molar-refractivity contribution in [3.8, 4) is 0 Å². The van der Waals surface area contributed by atoms with Crippen molar-refractivity contribution in [3.05, 3.63) is 24.3 Å². The van der Waals surface area contributed by atoms with E-state index in [1.54, 1.807) is 0 Å². The van der Waals surface area contributed by atoms with Gasteiger partial charge in [-0.25, -0.2) is 0 Å². The van der Waals surface area contributed by atoms with Crippen LogP contribution in [0.3, 0.4) is 0 Å². The van der Waals surface area contributed by atoms with Gasteiger partial charge in [-0.05, 0) is 25.1 Å². The Bertz CT molecular complexity index is 371. The topological polar surface area (TPSA) is 18.5 Å². The zero-order valence-corrected chi connectivity index (χ0v) is 9.82. The molecule has 3 rings (SSSR count). The first-order valence-corrected chi connectivity index (χ1v) is 6.14. The Labute approximate surface area is 97.0 Å². The van der Waals surface area contributed by atoms with Gasteiger partial charge in [0.15, 0.2) is 0 Å². The van der Waals surface area contributed by atoms with E-state index in [1.165, 1.54) is 24.3 Å². The molecule has 1 aromatic carbocycles. The summed E-state index contributed by atoms with van der Waals surface area (Å²) in [6.45, 7) is 4.59. The maximum absolute atomic E-state index is 3.46. The number of hydrogen-bond acceptors (Lipinski definition) is 3. The third-order valence-electron chi connectivity index (χ3n) is 3.75. The molecule has 3 heteroatoms. The van der Waals surface area contributed by atoms with Crippen LogP contribution in [0.4, 0.5) is 11.4 Å². The molecule has 0 radical (unpaired) electrons. The molecule has 0 saturated carbocycles. The van der Waals surface area contributed by atoms with Gasteiger partial charge in [0, 0.05) is 32.7 Å². The standard InChI is InChI=1S/C13H19N3/c1-15-8-9-16(11-6-7-14-10-11)13-5-3-2-4-12(13)15/h2-5,11,14H,6-10H2,1H3. The smallest absolute Gasteiger partial charge is 0.0607 e. The lowest BCUT2D eigenvalue weighted by Gasteiger charge is -2.40. The molecule has 16 heavy (non-hydrogen) atoms. The molecule has 1 N–H and O–H groups in total. The average Bonchev–Trinajstić information content (AvgIpc) is 2.83. The van der Waals surface area contributed by atoms with Crippen LogP contribution in [0.25, 0.3) is 0 Å². The summed E-state index contributed by atoms with van der Waals surface area (Å²) < 4.78 is 0. The SMILES string of the molecule is CN1CCN(C2CCNC2)c2ccccc21. The number of likely N-dealkylation sites (N-methyl/N-ethyl adjacent to an activating group) is 1. The predicted molar refractivity (Wildman–Crippen MR) is 68.3 cm³/mol. The van der Waals surface area contributed by atoms with Gasteiger partial charge in [-0.3, -0.25) is 0 Å². The summed E-state index contributed by atoms with van der Waals surface area (Å²) in [6.07, 6.45) is 1.28. The normalized spacial score (nSPS) is 24.7. The second-order valence-corrected chi connectivity index (χ2v) is 4.75. The summed E-state index contributed by atoms with van der Waals surface area (Å²) in [6, 6.07) is 9.45. The van der Waals surface area contributed by atoms with E-state index in [9.17, 15) is 0 Å². The number of fused-ring (bicyclic) bond motifs is 1. The van der Waals surface area contributed by atoms with Crippen LogP contribution in [-0.4, -0.2) is 39.3 Å². The van der Waals surface area contributed by atoms with Crippen LogP contribution in [0.15, 0.2) is 24.3 Å². The number of hydrogen-bond donors (Lipinski definition) is 1. The maximum Gasteiger partial charge on any atom is 0.0607 e. The van der Waals surface area contributed by atoms with Gasteiger partial charge >= 0.3 is 0 Å². The molecule has 1 atom stereocenters. The molecule has 1 fully saturated rings. The number of benzene rings is 1. The Morgan fingerprint density at radius 3 is 2.75 bits per heavy atom. The first-order valence-electron chi connectivity index (χ1n) is 6.14. The van der Waals surface area contributed by atoms with E-state index in [2.05, 4.69) is 46.4 Å². The molecular weight excluding hydrogens is 198 g/mol. The number of rotatable bonds is 1. The van der Waals surface area contributed by atoms with Crippen LogP contribution in [0.5, 0.6) is 0 Å². The first-order chi connectivity index (χ1) is 7.86. The van der Waals surface area contributed by atoms with Crippen molar-refractivity contribution in [3.63, 3.8) is 0 Å². The number of nitrogens with zero attached hydrogens (tertiary/aromatic N) is 2. The highest BCUT2D eigenvalue weighted by atomic mass is 15.3. The lowest BCUT2D eigenvalue weighted by atomic mass is 10.1. The molecule has 1 aromatic rings. The largest absolute Gasteiger partial charge is 0.371 e. The zero-order chi connectivity index (χ0) is 11.0. The highest BCUT2D eigenvalue weighted by Gasteiger charge is 2.27. The Balaban J connectivity index is 1.94. The van der Waals surface area contributed by atoms with E-state index >= 15 is 0 Å². The second-order valence-electron chi connectivity index (χ2n) is 4.75. The van der Waals surface area contributed by atoms with Crippen LogP contribution in [-0.2, 0) is 0 Å². The van der Waals surface area contributed by atoms with Gasteiger partial charge in [0.25, 0.3) is 0 Å². The lowest BCUT2D eigenvalue weighted by Crippen LogP contribution is -2.45. The molecule has 0 spiro atoms. The molecule has 0 amide bonds. The Morgan fingerprint density at radius 2 is 2.00 bits per heavy atom. The molecule has 0 bridgehead atoms. The molecule has 86 valence electrons. The minimum Gasteiger partial charge on any atom is -0.371 e. The number of nitrogens with one attached hydrogen (secondary N) is 1. The Kier molecular flexibility index (Phi) is 2.48. The third kappa shape index (κ3) is 1.55. The van der Waals surface area contributed by atoms with Crippen molar-refractivity contribution in [1.29, 1.82) is 0 Å². The monoisotopic (exact) mass is 217 g/mol. The van der Waals surface area contributed by atoms with Crippen molar-refractivity contribution < 1.29 is 0 Å². The van der Waals surface area contributed by atoms with Gasteiger partial charge in [0.05, 0.1) is 11.4 Å². The van der Waals surface area contributed by atoms with Crippen molar-refractivity contribution in [2.24, 2.45) is 0 Å². The second kappa shape index (κ2) is 3.98. The summed E-state index contributed by atoms with van der Waals surface area (Å²) >= 11 is 0. The van der Waals surface area contributed by atoms with Crippen LogP contribution in [0.2, 0.25) is 0 Å². The van der Waals surface area contributed by atoms with Gasteiger partial charge in [0.1, 0.15) is 0 Å². The van der Waals surface area contributed by atoms with Crippen LogP contribution >= 0.6 is 0 Å². The quantitative estimate of drug-likeness (QED) is 0.765. The van der Waals surface area contributed by atoms with Crippen molar-refractivity contribution in [1.82, 2.24) is 5.32 Å². The molecule has 2 aliphatic heterocycles. The summed E-state index contributed by atoms with van der Waals surface area (Å²) in [5.41, 5.74) is 2.78. The number of anilines is 2. The fourth-order valence-electron chi connectivity index (χ4n) is 2.81. The van der Waals surface area contributed by atoms with E-state index in [0.717, 1.165) is 19.6 Å². The molecule has 1 saturated heterocycles. The zero-order valence-electron chi connectivity index (χ0n) is 9.82. The molecule has 0 aromatic heterocycles. The minimum atomic E-state index is 0.690. The molecule has 2 heterocycles. The van der Waals surface area contributed by atoms with E-state index in [1.807, 2.05) is 0 Å². The fourth-order valence-corrected chi connectivity index (χ4v) is 2.81.